The van der Waals surface area contributed by atoms with Gasteiger partial charge >= 0.3 is 0 Å². The molecule has 1 N–H and O–H groups in total. The van der Waals surface area contributed by atoms with Crippen molar-refractivity contribution in [3.63, 3.8) is 0 Å². The number of imidazole rings is 1. The number of aliphatic hydroxyl groups excluding tert-OH is 1. The van der Waals surface area contributed by atoms with E-state index in [4.69, 9.17) is 4.74 Å². The van der Waals surface area contributed by atoms with Crippen molar-refractivity contribution in [2.45, 2.75) is 52.7 Å². The first kappa shape index (κ1) is 18.5. The third-order valence-electron chi connectivity index (χ3n) is 4.73. The van der Waals surface area contributed by atoms with Crippen molar-refractivity contribution in [2.24, 2.45) is 0 Å². The Kier molecular flexibility index (Phi) is 5.94. The Hall–Kier alpha value is -2.33. The normalized spacial score (nSPS) is 12.5. The molecule has 3 rings (SSSR count). The maximum absolute atomic E-state index is 10.5. The van der Waals surface area contributed by atoms with Gasteiger partial charge in [0.15, 0.2) is 0 Å². The van der Waals surface area contributed by atoms with Gasteiger partial charge in [0, 0.05) is 6.54 Å². The van der Waals surface area contributed by atoms with Gasteiger partial charge in [-0.15, -0.1) is 0 Å². The maximum atomic E-state index is 10.5. The van der Waals surface area contributed by atoms with Gasteiger partial charge < -0.3 is 14.4 Å². The van der Waals surface area contributed by atoms with Gasteiger partial charge in [0.25, 0.3) is 0 Å². The molecule has 1 atom stereocenters. The molecule has 0 amide bonds. The SMILES string of the molecule is CCCC(O)c1nc2ccccc2n1CCCOc1c(C)cccc1C. The zero-order valence-electron chi connectivity index (χ0n) is 15.9. The molecular formula is C22H28N2O2. The summed E-state index contributed by atoms with van der Waals surface area (Å²) >= 11 is 0. The zero-order chi connectivity index (χ0) is 18.5. The first-order valence-corrected chi connectivity index (χ1v) is 9.44. The van der Waals surface area contributed by atoms with Crippen molar-refractivity contribution < 1.29 is 9.84 Å². The Bertz CT molecular complexity index is 849. The monoisotopic (exact) mass is 352 g/mol. The van der Waals surface area contributed by atoms with Crippen LogP contribution in [0.25, 0.3) is 11.0 Å². The van der Waals surface area contributed by atoms with Crippen LogP contribution >= 0.6 is 0 Å². The number of para-hydroxylation sites is 3. The van der Waals surface area contributed by atoms with E-state index in [1.54, 1.807) is 0 Å². The van der Waals surface area contributed by atoms with Crippen molar-refractivity contribution in [3.8, 4) is 5.75 Å². The Morgan fingerprint density at radius 3 is 2.54 bits per heavy atom. The minimum atomic E-state index is -0.521. The molecule has 0 aliphatic heterocycles. The van der Waals surface area contributed by atoms with E-state index in [9.17, 15) is 5.11 Å². The number of fused-ring (bicyclic) bond motifs is 1. The highest BCUT2D eigenvalue weighted by Crippen LogP contribution is 2.25. The van der Waals surface area contributed by atoms with Crippen LogP contribution in [0.5, 0.6) is 5.75 Å². The fourth-order valence-corrected chi connectivity index (χ4v) is 3.41. The number of rotatable bonds is 8. The van der Waals surface area contributed by atoms with E-state index in [-0.39, 0.29) is 0 Å². The molecule has 0 saturated heterocycles. The first-order valence-electron chi connectivity index (χ1n) is 9.44. The lowest BCUT2D eigenvalue weighted by atomic mass is 10.1. The maximum Gasteiger partial charge on any atom is 0.138 e. The van der Waals surface area contributed by atoms with Gasteiger partial charge in [0.2, 0.25) is 0 Å². The van der Waals surface area contributed by atoms with Crippen molar-refractivity contribution in [1.82, 2.24) is 9.55 Å². The van der Waals surface area contributed by atoms with Gasteiger partial charge in [0.05, 0.1) is 17.6 Å². The van der Waals surface area contributed by atoms with Crippen molar-refractivity contribution >= 4 is 11.0 Å². The highest BCUT2D eigenvalue weighted by Gasteiger charge is 2.17. The molecule has 0 spiro atoms. The standard InChI is InChI=1S/C22H28N2O2/c1-4-9-20(25)22-23-18-12-5-6-13-19(18)24(22)14-8-15-26-21-16(2)10-7-11-17(21)3/h5-7,10-13,20,25H,4,8-9,14-15H2,1-3H3. The lowest BCUT2D eigenvalue weighted by molar-refractivity contribution is 0.152. The number of hydrogen-bond acceptors (Lipinski definition) is 3. The summed E-state index contributed by atoms with van der Waals surface area (Å²) in [7, 11) is 0. The average molecular weight is 352 g/mol. The predicted octanol–water partition coefficient (Wildman–Crippen LogP) is 4.96. The molecule has 1 heterocycles. The number of aromatic nitrogens is 2. The number of hydrogen-bond donors (Lipinski definition) is 1. The summed E-state index contributed by atoms with van der Waals surface area (Å²) in [4.78, 5) is 4.67. The molecule has 0 aliphatic rings. The van der Waals surface area contributed by atoms with Crippen molar-refractivity contribution in [3.05, 3.63) is 59.4 Å². The zero-order valence-corrected chi connectivity index (χ0v) is 15.9. The smallest absolute Gasteiger partial charge is 0.138 e. The van der Waals surface area contributed by atoms with Crippen molar-refractivity contribution in [2.75, 3.05) is 6.61 Å². The summed E-state index contributed by atoms with van der Waals surface area (Å²) in [6.07, 6.45) is 1.99. The molecule has 0 radical (unpaired) electrons. The molecule has 0 bridgehead atoms. The van der Waals surface area contributed by atoms with Crippen LogP contribution in [0.1, 0.15) is 49.2 Å². The van der Waals surface area contributed by atoms with Crippen LogP contribution in [0.15, 0.2) is 42.5 Å². The fraction of sp³-hybridized carbons (Fsp3) is 0.409. The summed E-state index contributed by atoms with van der Waals surface area (Å²) in [6.45, 7) is 7.65. The van der Waals surface area contributed by atoms with Crippen LogP contribution in [0.4, 0.5) is 0 Å². The molecule has 0 saturated carbocycles. The highest BCUT2D eigenvalue weighted by atomic mass is 16.5. The van der Waals surface area contributed by atoms with Crippen molar-refractivity contribution in [1.29, 1.82) is 0 Å². The summed E-state index contributed by atoms with van der Waals surface area (Å²) in [6, 6.07) is 14.3. The lowest BCUT2D eigenvalue weighted by Crippen LogP contribution is -2.11. The van der Waals surface area contributed by atoms with Gasteiger partial charge in [-0.1, -0.05) is 43.7 Å². The third kappa shape index (κ3) is 3.91. The molecular weight excluding hydrogens is 324 g/mol. The minimum absolute atomic E-state index is 0.521. The number of benzene rings is 2. The Balaban J connectivity index is 1.73. The number of aryl methyl sites for hydroxylation is 3. The quantitative estimate of drug-likeness (QED) is 0.583. The molecule has 3 aromatic rings. The molecule has 4 nitrogen and oxygen atoms in total. The van der Waals surface area contributed by atoms with E-state index in [1.807, 2.05) is 18.2 Å². The predicted molar refractivity (Wildman–Crippen MR) is 106 cm³/mol. The summed E-state index contributed by atoms with van der Waals surface area (Å²) < 4.78 is 8.17. The van der Waals surface area contributed by atoms with E-state index in [1.165, 1.54) is 0 Å². The minimum Gasteiger partial charge on any atom is -0.493 e. The number of ether oxygens (including phenoxy) is 1. The van der Waals surface area contributed by atoms with Crippen LogP contribution in [0.2, 0.25) is 0 Å². The van der Waals surface area contributed by atoms with Gasteiger partial charge in [-0.25, -0.2) is 4.98 Å². The topological polar surface area (TPSA) is 47.3 Å². The van der Waals surface area contributed by atoms with Crippen LogP contribution in [0, 0.1) is 13.8 Å². The largest absolute Gasteiger partial charge is 0.493 e. The molecule has 138 valence electrons. The first-order chi connectivity index (χ1) is 12.6. The van der Waals surface area contributed by atoms with E-state index < -0.39 is 6.10 Å². The van der Waals surface area contributed by atoms with Crippen LogP contribution in [-0.2, 0) is 6.54 Å². The van der Waals surface area contributed by atoms with E-state index in [2.05, 4.69) is 54.6 Å². The molecule has 0 fully saturated rings. The number of nitrogens with zero attached hydrogens (tertiary/aromatic N) is 2. The van der Waals surface area contributed by atoms with E-state index >= 15 is 0 Å². The Morgan fingerprint density at radius 2 is 1.81 bits per heavy atom. The van der Waals surface area contributed by atoms with Crippen LogP contribution in [-0.4, -0.2) is 21.3 Å². The summed E-state index contributed by atoms with van der Waals surface area (Å²) in [5.41, 5.74) is 4.34. The molecule has 1 aromatic heterocycles. The fourth-order valence-electron chi connectivity index (χ4n) is 3.41. The Morgan fingerprint density at radius 1 is 1.08 bits per heavy atom. The van der Waals surface area contributed by atoms with Gasteiger partial charge in [-0.3, -0.25) is 0 Å². The van der Waals surface area contributed by atoms with Crippen LogP contribution < -0.4 is 4.74 Å². The van der Waals surface area contributed by atoms with Crippen LogP contribution in [0.3, 0.4) is 0 Å². The summed E-state index contributed by atoms with van der Waals surface area (Å²) in [5.74, 6) is 1.74. The molecule has 1 unspecified atom stereocenters. The third-order valence-corrected chi connectivity index (χ3v) is 4.73. The van der Waals surface area contributed by atoms with Gasteiger partial charge in [-0.05, 0) is 49.9 Å². The second-order valence-electron chi connectivity index (χ2n) is 6.84. The van der Waals surface area contributed by atoms with E-state index in [0.717, 1.165) is 59.5 Å². The highest BCUT2D eigenvalue weighted by molar-refractivity contribution is 5.76. The van der Waals surface area contributed by atoms with Gasteiger partial charge in [-0.2, -0.15) is 0 Å². The van der Waals surface area contributed by atoms with E-state index in [0.29, 0.717) is 6.61 Å². The molecule has 0 aliphatic carbocycles. The Labute approximate surface area is 155 Å². The number of aliphatic hydroxyl groups is 1. The second-order valence-corrected chi connectivity index (χ2v) is 6.84. The second kappa shape index (κ2) is 8.37. The molecule has 26 heavy (non-hydrogen) atoms. The van der Waals surface area contributed by atoms with Gasteiger partial charge in [0.1, 0.15) is 17.7 Å². The average Bonchev–Trinajstić information content (AvgIpc) is 3.00. The summed E-state index contributed by atoms with van der Waals surface area (Å²) in [5, 5.41) is 10.5. The lowest BCUT2D eigenvalue weighted by Gasteiger charge is -2.15. The molecule has 4 heteroatoms. The molecule has 2 aromatic carbocycles.